The van der Waals surface area contributed by atoms with Crippen LogP contribution in [0.4, 0.5) is 10.1 Å². The Labute approximate surface area is 162 Å². The molecule has 146 valence electrons. The van der Waals surface area contributed by atoms with Crippen LogP contribution in [0, 0.1) is 5.82 Å². The molecule has 1 fully saturated rings. The summed E-state index contributed by atoms with van der Waals surface area (Å²) in [5.41, 5.74) is 3.46. The number of hydrazine groups is 1. The SMILES string of the molecule is CCOc1cc(/C=C2\C(=O)NN(c3ccc(F)cc3)C2=O)ccc1OC(C)C. The highest BCUT2D eigenvalue weighted by Gasteiger charge is 2.34. The van der Waals surface area contributed by atoms with Crippen molar-refractivity contribution in [2.45, 2.75) is 26.9 Å². The molecule has 6 nitrogen and oxygen atoms in total. The molecule has 0 saturated carbocycles. The van der Waals surface area contributed by atoms with Gasteiger partial charge in [0.2, 0.25) is 0 Å². The summed E-state index contributed by atoms with van der Waals surface area (Å²) in [5, 5.41) is 1.09. The van der Waals surface area contributed by atoms with Crippen LogP contribution in [-0.2, 0) is 9.59 Å². The molecule has 1 aliphatic heterocycles. The van der Waals surface area contributed by atoms with E-state index in [2.05, 4.69) is 5.43 Å². The predicted molar refractivity (Wildman–Crippen MR) is 103 cm³/mol. The van der Waals surface area contributed by atoms with Crippen LogP contribution in [0.2, 0.25) is 0 Å². The minimum atomic E-state index is -0.533. The molecule has 1 aliphatic rings. The van der Waals surface area contributed by atoms with E-state index in [1.165, 1.54) is 30.3 Å². The molecule has 0 aliphatic carbocycles. The van der Waals surface area contributed by atoms with Crippen LogP contribution in [0.15, 0.2) is 48.0 Å². The summed E-state index contributed by atoms with van der Waals surface area (Å²) < 4.78 is 24.4. The lowest BCUT2D eigenvalue weighted by Crippen LogP contribution is -2.35. The number of carbonyl (C=O) groups is 2. The summed E-state index contributed by atoms with van der Waals surface area (Å²) in [6, 6.07) is 10.5. The van der Waals surface area contributed by atoms with Crippen LogP contribution in [-0.4, -0.2) is 24.5 Å². The van der Waals surface area contributed by atoms with Crippen molar-refractivity contribution in [2.24, 2.45) is 0 Å². The number of halogens is 1. The molecule has 0 atom stereocenters. The number of nitrogens with zero attached hydrogens (tertiary/aromatic N) is 1. The second-order valence-corrected chi connectivity index (χ2v) is 6.42. The third kappa shape index (κ3) is 4.14. The summed E-state index contributed by atoms with van der Waals surface area (Å²) >= 11 is 0. The van der Waals surface area contributed by atoms with E-state index in [1.807, 2.05) is 20.8 Å². The molecular formula is C21H21FN2O4. The Morgan fingerprint density at radius 1 is 1.11 bits per heavy atom. The molecule has 1 saturated heterocycles. The van der Waals surface area contributed by atoms with E-state index in [1.54, 1.807) is 18.2 Å². The molecular weight excluding hydrogens is 363 g/mol. The fourth-order valence-corrected chi connectivity index (χ4v) is 2.73. The lowest BCUT2D eigenvalue weighted by Gasteiger charge is -2.15. The van der Waals surface area contributed by atoms with E-state index in [9.17, 15) is 14.0 Å². The number of anilines is 1. The molecule has 7 heteroatoms. The van der Waals surface area contributed by atoms with Gasteiger partial charge >= 0.3 is 0 Å². The van der Waals surface area contributed by atoms with Crippen LogP contribution in [0.25, 0.3) is 6.08 Å². The molecule has 0 spiro atoms. The lowest BCUT2D eigenvalue weighted by atomic mass is 10.1. The second-order valence-electron chi connectivity index (χ2n) is 6.42. The summed E-state index contributed by atoms with van der Waals surface area (Å²) in [7, 11) is 0. The van der Waals surface area contributed by atoms with Gasteiger partial charge in [-0.2, -0.15) is 0 Å². The molecule has 0 bridgehead atoms. The zero-order valence-electron chi connectivity index (χ0n) is 15.9. The second kappa shape index (κ2) is 8.12. The molecule has 2 aromatic carbocycles. The first-order valence-corrected chi connectivity index (χ1v) is 8.95. The quantitative estimate of drug-likeness (QED) is 0.612. The van der Waals surface area contributed by atoms with Gasteiger partial charge in [-0.25, -0.2) is 9.40 Å². The first kappa shape index (κ1) is 19.4. The highest BCUT2D eigenvalue weighted by atomic mass is 19.1. The van der Waals surface area contributed by atoms with E-state index in [0.29, 0.717) is 29.4 Å². The fraction of sp³-hybridized carbons (Fsp3) is 0.238. The Hall–Kier alpha value is -3.35. The van der Waals surface area contributed by atoms with Gasteiger partial charge in [0.15, 0.2) is 11.5 Å². The Kier molecular flexibility index (Phi) is 5.63. The summed E-state index contributed by atoms with van der Waals surface area (Å²) in [5.74, 6) is -0.350. The standard InChI is InChI=1S/C21H21FN2O4/c1-4-27-19-12-14(5-10-18(19)28-13(2)3)11-17-20(25)23-24(21(17)26)16-8-6-15(22)7-9-16/h5-13H,4H2,1-3H3,(H,23,25)/b17-11+. The van der Waals surface area contributed by atoms with Gasteiger partial charge in [-0.3, -0.25) is 15.0 Å². The number of ether oxygens (including phenoxy) is 2. The summed E-state index contributed by atoms with van der Waals surface area (Å²) in [4.78, 5) is 24.9. The van der Waals surface area contributed by atoms with E-state index in [-0.39, 0.29) is 11.7 Å². The number of nitrogens with one attached hydrogen (secondary N) is 1. The van der Waals surface area contributed by atoms with E-state index in [4.69, 9.17) is 9.47 Å². The maximum atomic E-state index is 13.1. The van der Waals surface area contributed by atoms with Gasteiger partial charge in [0.1, 0.15) is 11.4 Å². The maximum absolute atomic E-state index is 13.1. The highest BCUT2D eigenvalue weighted by Crippen LogP contribution is 2.31. The van der Waals surface area contributed by atoms with Crippen LogP contribution < -0.4 is 19.9 Å². The smallest absolute Gasteiger partial charge is 0.282 e. The van der Waals surface area contributed by atoms with Crippen molar-refractivity contribution in [2.75, 3.05) is 11.6 Å². The zero-order chi connectivity index (χ0) is 20.3. The molecule has 0 unspecified atom stereocenters. The van der Waals surface area contributed by atoms with Gasteiger partial charge in [0.05, 0.1) is 18.4 Å². The van der Waals surface area contributed by atoms with Gasteiger partial charge in [-0.05, 0) is 68.8 Å². The van der Waals surface area contributed by atoms with Gasteiger partial charge in [-0.1, -0.05) is 6.07 Å². The zero-order valence-corrected chi connectivity index (χ0v) is 15.9. The van der Waals surface area contributed by atoms with Crippen LogP contribution in [0.5, 0.6) is 11.5 Å². The number of hydrogen-bond acceptors (Lipinski definition) is 4. The Morgan fingerprint density at radius 3 is 2.46 bits per heavy atom. The fourth-order valence-electron chi connectivity index (χ4n) is 2.73. The van der Waals surface area contributed by atoms with Gasteiger partial charge in [-0.15, -0.1) is 0 Å². The molecule has 3 rings (SSSR count). The maximum Gasteiger partial charge on any atom is 0.282 e. The normalized spacial score (nSPS) is 15.3. The number of rotatable bonds is 6. The molecule has 2 amide bonds. The van der Waals surface area contributed by atoms with Crippen molar-refractivity contribution in [1.29, 1.82) is 0 Å². The van der Waals surface area contributed by atoms with Crippen molar-refractivity contribution in [3.63, 3.8) is 0 Å². The first-order valence-electron chi connectivity index (χ1n) is 8.95. The van der Waals surface area contributed by atoms with Crippen LogP contribution in [0.3, 0.4) is 0 Å². The van der Waals surface area contributed by atoms with E-state index < -0.39 is 17.6 Å². The van der Waals surface area contributed by atoms with E-state index in [0.717, 1.165) is 5.01 Å². The van der Waals surface area contributed by atoms with Gasteiger partial charge in [0.25, 0.3) is 11.8 Å². The average Bonchev–Trinajstić information content (AvgIpc) is 2.92. The Morgan fingerprint density at radius 2 is 1.82 bits per heavy atom. The highest BCUT2D eigenvalue weighted by molar-refractivity contribution is 6.31. The number of carbonyl (C=O) groups excluding carboxylic acids is 2. The average molecular weight is 384 g/mol. The molecule has 1 N–H and O–H groups in total. The minimum absolute atomic E-state index is 0.0186. The van der Waals surface area contributed by atoms with Crippen molar-refractivity contribution in [3.05, 3.63) is 59.4 Å². The summed E-state index contributed by atoms with van der Waals surface area (Å²) in [6.07, 6.45) is 1.47. The lowest BCUT2D eigenvalue weighted by molar-refractivity contribution is -0.117. The molecule has 2 aromatic rings. The molecule has 28 heavy (non-hydrogen) atoms. The van der Waals surface area contributed by atoms with Crippen molar-refractivity contribution in [3.8, 4) is 11.5 Å². The topological polar surface area (TPSA) is 67.9 Å². The van der Waals surface area contributed by atoms with E-state index >= 15 is 0 Å². The number of hydrogen-bond donors (Lipinski definition) is 1. The first-order chi connectivity index (χ1) is 13.4. The van der Waals surface area contributed by atoms with Crippen molar-refractivity contribution < 1.29 is 23.5 Å². The third-order valence-electron chi connectivity index (χ3n) is 3.92. The molecule has 0 aromatic heterocycles. The van der Waals surface area contributed by atoms with Crippen LogP contribution in [0.1, 0.15) is 26.3 Å². The van der Waals surface area contributed by atoms with Gasteiger partial charge < -0.3 is 9.47 Å². The Bertz CT molecular complexity index is 923. The third-order valence-corrected chi connectivity index (χ3v) is 3.92. The molecule has 1 heterocycles. The minimum Gasteiger partial charge on any atom is -0.490 e. The monoisotopic (exact) mass is 384 g/mol. The Balaban J connectivity index is 1.90. The van der Waals surface area contributed by atoms with Crippen molar-refractivity contribution in [1.82, 2.24) is 5.43 Å². The van der Waals surface area contributed by atoms with Gasteiger partial charge in [0, 0.05) is 0 Å². The summed E-state index contributed by atoms with van der Waals surface area (Å²) in [6.45, 7) is 6.14. The largest absolute Gasteiger partial charge is 0.490 e. The molecule has 0 radical (unpaired) electrons. The van der Waals surface area contributed by atoms with Crippen molar-refractivity contribution >= 4 is 23.6 Å². The van der Waals surface area contributed by atoms with Crippen LogP contribution >= 0.6 is 0 Å². The number of amides is 2. The predicted octanol–water partition coefficient (Wildman–Crippen LogP) is 3.47. The number of benzene rings is 2.